The number of carbonyl (C=O) groups excluding carboxylic acids is 1. The van der Waals surface area contributed by atoms with E-state index in [1.807, 2.05) is 0 Å². The van der Waals surface area contributed by atoms with E-state index < -0.39 is 24.6 Å². The van der Waals surface area contributed by atoms with Gasteiger partial charge in [-0.2, -0.15) is 0 Å². The SMILES string of the molecule is COCCOCCCNC(=O)N[C@H](CO)C(=O)O. The molecule has 0 radical (unpaired) electrons. The first-order valence-electron chi connectivity index (χ1n) is 5.56. The number of aliphatic hydroxyl groups is 1. The largest absolute Gasteiger partial charge is 0.480 e. The topological polar surface area (TPSA) is 117 Å². The smallest absolute Gasteiger partial charge is 0.328 e. The van der Waals surface area contributed by atoms with Crippen LogP contribution in [0.25, 0.3) is 0 Å². The van der Waals surface area contributed by atoms with Gasteiger partial charge in [0, 0.05) is 20.3 Å². The van der Waals surface area contributed by atoms with Crippen LogP contribution in [-0.4, -0.2) is 68.3 Å². The highest BCUT2D eigenvalue weighted by Gasteiger charge is 2.17. The van der Waals surface area contributed by atoms with Crippen LogP contribution in [0.3, 0.4) is 0 Å². The lowest BCUT2D eigenvalue weighted by Gasteiger charge is -2.12. The molecular weight excluding hydrogens is 244 g/mol. The maximum absolute atomic E-state index is 11.2. The van der Waals surface area contributed by atoms with Crippen LogP contribution in [0.5, 0.6) is 0 Å². The molecule has 0 aromatic rings. The Balaban J connectivity index is 3.50. The Morgan fingerprint density at radius 3 is 2.56 bits per heavy atom. The normalized spacial score (nSPS) is 11.9. The molecular formula is C10H20N2O6. The molecule has 0 aliphatic heterocycles. The van der Waals surface area contributed by atoms with Crippen molar-refractivity contribution in [3.05, 3.63) is 0 Å². The molecule has 8 nitrogen and oxygen atoms in total. The quantitative estimate of drug-likeness (QED) is 0.368. The number of carboxylic acid groups (broad SMARTS) is 1. The van der Waals surface area contributed by atoms with E-state index in [1.165, 1.54) is 0 Å². The zero-order valence-corrected chi connectivity index (χ0v) is 10.3. The lowest BCUT2D eigenvalue weighted by atomic mass is 10.3. The summed E-state index contributed by atoms with van der Waals surface area (Å²) in [6.07, 6.45) is 0.605. The van der Waals surface area contributed by atoms with Crippen molar-refractivity contribution in [1.82, 2.24) is 10.6 Å². The van der Waals surface area contributed by atoms with Gasteiger partial charge in [0.25, 0.3) is 0 Å². The summed E-state index contributed by atoms with van der Waals surface area (Å²) in [5.74, 6) is -1.28. The van der Waals surface area contributed by atoms with Gasteiger partial charge in [-0.1, -0.05) is 0 Å². The molecule has 106 valence electrons. The molecule has 0 unspecified atom stereocenters. The summed E-state index contributed by atoms with van der Waals surface area (Å²) < 4.78 is 9.95. The van der Waals surface area contributed by atoms with Gasteiger partial charge in [0.15, 0.2) is 6.04 Å². The van der Waals surface area contributed by atoms with E-state index in [2.05, 4.69) is 10.6 Å². The number of hydrogen-bond donors (Lipinski definition) is 4. The number of aliphatic carboxylic acids is 1. The highest BCUT2D eigenvalue weighted by atomic mass is 16.5. The Hall–Kier alpha value is -1.38. The molecule has 0 fully saturated rings. The van der Waals surface area contributed by atoms with Gasteiger partial charge in [0.2, 0.25) is 0 Å². The molecule has 2 amide bonds. The first-order valence-corrected chi connectivity index (χ1v) is 5.56. The Labute approximate surface area is 105 Å². The number of amides is 2. The van der Waals surface area contributed by atoms with E-state index in [4.69, 9.17) is 19.7 Å². The Morgan fingerprint density at radius 2 is 2.00 bits per heavy atom. The van der Waals surface area contributed by atoms with Crippen LogP contribution in [-0.2, 0) is 14.3 Å². The number of methoxy groups -OCH3 is 1. The van der Waals surface area contributed by atoms with E-state index >= 15 is 0 Å². The van der Waals surface area contributed by atoms with Crippen molar-refractivity contribution in [3.63, 3.8) is 0 Å². The Kier molecular flexibility index (Phi) is 9.93. The minimum Gasteiger partial charge on any atom is -0.480 e. The number of nitrogens with one attached hydrogen (secondary N) is 2. The monoisotopic (exact) mass is 264 g/mol. The number of carboxylic acids is 1. The molecule has 0 bridgehead atoms. The molecule has 0 aliphatic rings. The number of ether oxygens (including phenoxy) is 2. The fraction of sp³-hybridized carbons (Fsp3) is 0.800. The molecule has 1 atom stereocenters. The number of urea groups is 1. The number of hydrogen-bond acceptors (Lipinski definition) is 5. The van der Waals surface area contributed by atoms with Crippen molar-refractivity contribution in [2.45, 2.75) is 12.5 Å². The molecule has 0 spiro atoms. The van der Waals surface area contributed by atoms with Crippen molar-refractivity contribution < 1.29 is 29.3 Å². The lowest BCUT2D eigenvalue weighted by molar-refractivity contribution is -0.140. The molecule has 0 aromatic carbocycles. The van der Waals surface area contributed by atoms with Gasteiger partial charge < -0.3 is 30.3 Å². The summed E-state index contributed by atoms with van der Waals surface area (Å²) in [5.41, 5.74) is 0. The van der Waals surface area contributed by atoms with Gasteiger partial charge in [-0.05, 0) is 6.42 Å². The summed E-state index contributed by atoms with van der Waals surface area (Å²) in [5, 5.41) is 21.8. The summed E-state index contributed by atoms with van der Waals surface area (Å²) in [6, 6.07) is -1.92. The van der Waals surface area contributed by atoms with Crippen molar-refractivity contribution in [2.24, 2.45) is 0 Å². The molecule has 0 heterocycles. The zero-order valence-electron chi connectivity index (χ0n) is 10.3. The average molecular weight is 264 g/mol. The minimum atomic E-state index is -1.29. The van der Waals surface area contributed by atoms with Gasteiger partial charge in [-0.15, -0.1) is 0 Å². The van der Waals surface area contributed by atoms with Gasteiger partial charge in [0.05, 0.1) is 19.8 Å². The maximum Gasteiger partial charge on any atom is 0.328 e. The summed E-state index contributed by atoms with van der Waals surface area (Å²) in [4.78, 5) is 21.7. The molecule has 8 heteroatoms. The molecule has 0 aromatic heterocycles. The first kappa shape index (κ1) is 16.6. The lowest BCUT2D eigenvalue weighted by Crippen LogP contribution is -2.48. The summed E-state index contributed by atoms with van der Waals surface area (Å²) >= 11 is 0. The average Bonchev–Trinajstić information content (AvgIpc) is 2.34. The molecule has 0 aliphatic carbocycles. The van der Waals surface area contributed by atoms with Gasteiger partial charge in [0.1, 0.15) is 0 Å². The third-order valence-electron chi connectivity index (χ3n) is 1.97. The third-order valence-corrected chi connectivity index (χ3v) is 1.97. The van der Waals surface area contributed by atoms with Crippen LogP contribution >= 0.6 is 0 Å². The van der Waals surface area contributed by atoms with Crippen LogP contribution < -0.4 is 10.6 Å². The standard InChI is InChI=1S/C10H20N2O6/c1-17-5-6-18-4-2-3-11-10(16)12-8(7-13)9(14)15/h8,13H,2-7H2,1H3,(H,14,15)(H2,11,12,16)/t8-/m1/s1. The fourth-order valence-corrected chi connectivity index (χ4v) is 1.02. The van der Waals surface area contributed by atoms with Gasteiger partial charge in [-0.3, -0.25) is 0 Å². The Morgan fingerprint density at radius 1 is 1.28 bits per heavy atom. The maximum atomic E-state index is 11.2. The van der Waals surface area contributed by atoms with E-state index in [0.29, 0.717) is 32.8 Å². The van der Waals surface area contributed by atoms with Crippen LogP contribution in [0.4, 0.5) is 4.79 Å². The summed E-state index contributed by atoms with van der Waals surface area (Å²) in [6.45, 7) is 1.20. The second kappa shape index (κ2) is 10.8. The zero-order chi connectivity index (χ0) is 13.8. The minimum absolute atomic E-state index is 0.358. The van der Waals surface area contributed by atoms with Crippen molar-refractivity contribution in [2.75, 3.05) is 40.1 Å². The second-order valence-corrected chi connectivity index (χ2v) is 3.43. The van der Waals surface area contributed by atoms with Crippen LogP contribution in [0.15, 0.2) is 0 Å². The molecule has 4 N–H and O–H groups in total. The highest BCUT2D eigenvalue weighted by Crippen LogP contribution is 1.84. The van der Waals surface area contributed by atoms with Gasteiger partial charge in [-0.25, -0.2) is 9.59 Å². The predicted molar refractivity (Wildman–Crippen MR) is 62.4 cm³/mol. The number of carbonyl (C=O) groups is 2. The summed E-state index contributed by atoms with van der Waals surface area (Å²) in [7, 11) is 1.58. The predicted octanol–water partition coefficient (Wildman–Crippen LogP) is -1.22. The Bertz CT molecular complexity index is 249. The number of rotatable bonds is 10. The van der Waals surface area contributed by atoms with Crippen LogP contribution in [0, 0.1) is 0 Å². The van der Waals surface area contributed by atoms with E-state index in [1.54, 1.807) is 7.11 Å². The van der Waals surface area contributed by atoms with Crippen molar-refractivity contribution in [3.8, 4) is 0 Å². The van der Waals surface area contributed by atoms with Gasteiger partial charge >= 0.3 is 12.0 Å². The van der Waals surface area contributed by atoms with E-state index in [-0.39, 0.29) is 0 Å². The molecule has 0 saturated heterocycles. The molecule has 0 saturated carbocycles. The molecule has 0 rings (SSSR count). The second-order valence-electron chi connectivity index (χ2n) is 3.43. The van der Waals surface area contributed by atoms with Crippen molar-refractivity contribution >= 4 is 12.0 Å². The van der Waals surface area contributed by atoms with E-state index in [0.717, 1.165) is 0 Å². The molecule has 18 heavy (non-hydrogen) atoms. The van der Waals surface area contributed by atoms with Crippen LogP contribution in [0.2, 0.25) is 0 Å². The first-order chi connectivity index (χ1) is 8.61. The van der Waals surface area contributed by atoms with Crippen molar-refractivity contribution in [1.29, 1.82) is 0 Å². The van der Waals surface area contributed by atoms with Crippen LogP contribution in [0.1, 0.15) is 6.42 Å². The third kappa shape index (κ3) is 8.74. The van der Waals surface area contributed by atoms with E-state index in [9.17, 15) is 9.59 Å². The fourth-order valence-electron chi connectivity index (χ4n) is 1.02. The highest BCUT2D eigenvalue weighted by molar-refractivity contribution is 5.82. The number of aliphatic hydroxyl groups excluding tert-OH is 1.